The number of hydrogen-bond acceptors (Lipinski definition) is 6. The first kappa shape index (κ1) is 29.3. The maximum Gasteiger partial charge on any atom is 0.308 e. The van der Waals surface area contributed by atoms with E-state index in [9.17, 15) is 19.5 Å². The molecular formula is C32H31Cl2NO6. The fourth-order valence-electron chi connectivity index (χ4n) is 5.40. The van der Waals surface area contributed by atoms with Crippen molar-refractivity contribution < 1.29 is 29.0 Å². The van der Waals surface area contributed by atoms with Crippen LogP contribution in [0.25, 0.3) is 0 Å². The van der Waals surface area contributed by atoms with Gasteiger partial charge in [-0.25, -0.2) is 0 Å². The molecule has 3 aromatic rings. The number of esters is 1. The van der Waals surface area contributed by atoms with Crippen molar-refractivity contribution in [3.05, 3.63) is 105 Å². The number of rotatable bonds is 11. The molecule has 1 fully saturated rings. The van der Waals surface area contributed by atoms with Gasteiger partial charge in [0.2, 0.25) is 0 Å². The van der Waals surface area contributed by atoms with Crippen LogP contribution in [0.4, 0.5) is 0 Å². The smallest absolute Gasteiger partial charge is 0.308 e. The topological polar surface area (TPSA) is 93.1 Å². The van der Waals surface area contributed by atoms with Crippen molar-refractivity contribution in [2.24, 2.45) is 5.41 Å². The molecule has 1 N–H and O–H groups in total. The number of nitrogens with zero attached hydrogens (tertiary/aromatic N) is 1. The summed E-state index contributed by atoms with van der Waals surface area (Å²) < 4.78 is 12.2. The molecule has 5 rings (SSSR count). The first-order chi connectivity index (χ1) is 19.6. The van der Waals surface area contributed by atoms with E-state index in [1.807, 2.05) is 0 Å². The Bertz CT molecular complexity index is 1470. The van der Waals surface area contributed by atoms with Gasteiger partial charge in [-0.1, -0.05) is 59.6 Å². The molecule has 1 heterocycles. The van der Waals surface area contributed by atoms with Gasteiger partial charge in [0.05, 0.1) is 32.3 Å². The molecule has 0 bridgehead atoms. The zero-order chi connectivity index (χ0) is 29.4. The van der Waals surface area contributed by atoms with Crippen LogP contribution in [0.5, 0.6) is 0 Å². The number of fused-ring (bicyclic) bond motifs is 1. The predicted molar refractivity (Wildman–Crippen MR) is 155 cm³/mol. The molecule has 7 nitrogen and oxygen atoms in total. The van der Waals surface area contributed by atoms with E-state index >= 15 is 0 Å². The van der Waals surface area contributed by atoms with Gasteiger partial charge in [0, 0.05) is 37.7 Å². The number of carbonyl (C=O) groups excluding carboxylic acids is 3. The molecule has 3 aromatic carbocycles. The van der Waals surface area contributed by atoms with Crippen LogP contribution in [0.15, 0.2) is 66.7 Å². The Morgan fingerprint density at radius 2 is 1.63 bits per heavy atom. The minimum Gasteiger partial charge on any atom is -0.466 e. The van der Waals surface area contributed by atoms with Crippen LogP contribution in [0, 0.1) is 5.41 Å². The molecular weight excluding hydrogens is 565 g/mol. The second kappa shape index (κ2) is 11.6. The van der Waals surface area contributed by atoms with Gasteiger partial charge in [0.1, 0.15) is 0 Å². The van der Waals surface area contributed by atoms with Crippen LogP contribution in [0.2, 0.25) is 10.0 Å². The molecule has 1 saturated carbocycles. The molecule has 214 valence electrons. The van der Waals surface area contributed by atoms with E-state index in [2.05, 4.69) is 0 Å². The summed E-state index contributed by atoms with van der Waals surface area (Å²) in [5, 5.41) is 11.1. The normalized spacial score (nSPS) is 19.5. The van der Waals surface area contributed by atoms with Crippen LogP contribution >= 0.6 is 23.2 Å². The van der Waals surface area contributed by atoms with E-state index in [0.29, 0.717) is 37.9 Å². The minimum atomic E-state index is -1.51. The largest absolute Gasteiger partial charge is 0.466 e. The summed E-state index contributed by atoms with van der Waals surface area (Å²) in [6, 6.07) is 18.1. The minimum absolute atomic E-state index is 0.0583. The van der Waals surface area contributed by atoms with Crippen molar-refractivity contribution in [2.75, 3.05) is 19.8 Å². The van der Waals surface area contributed by atoms with Gasteiger partial charge < -0.3 is 14.6 Å². The lowest BCUT2D eigenvalue weighted by atomic mass is 9.90. The molecule has 9 heteroatoms. The molecule has 0 spiro atoms. The number of aliphatic hydroxyl groups is 1. The number of hydrogen-bond donors (Lipinski definition) is 1. The highest BCUT2D eigenvalue weighted by atomic mass is 35.5. The molecule has 0 aromatic heterocycles. The second-order valence-corrected chi connectivity index (χ2v) is 11.5. The summed E-state index contributed by atoms with van der Waals surface area (Å²) in [6.45, 7) is 3.45. The lowest BCUT2D eigenvalue weighted by Gasteiger charge is -2.44. The van der Waals surface area contributed by atoms with Gasteiger partial charge in [-0.2, -0.15) is 0 Å². The lowest BCUT2D eigenvalue weighted by Crippen LogP contribution is -2.50. The second-order valence-electron chi connectivity index (χ2n) is 10.7. The highest BCUT2D eigenvalue weighted by molar-refractivity contribution is 6.30. The highest BCUT2D eigenvalue weighted by Gasteiger charge is 2.57. The molecule has 41 heavy (non-hydrogen) atoms. The van der Waals surface area contributed by atoms with Crippen LogP contribution < -0.4 is 0 Å². The number of halogens is 2. The van der Waals surface area contributed by atoms with Crippen LogP contribution in [-0.4, -0.2) is 47.5 Å². The number of amides is 1. The zero-order valence-corrected chi connectivity index (χ0v) is 24.4. The Balaban J connectivity index is 1.77. The summed E-state index contributed by atoms with van der Waals surface area (Å²) in [7, 11) is 0. The maximum atomic E-state index is 14.5. The number of benzene rings is 3. The van der Waals surface area contributed by atoms with Gasteiger partial charge in [-0.3, -0.25) is 19.3 Å². The molecule has 1 unspecified atom stereocenters. The van der Waals surface area contributed by atoms with E-state index in [1.165, 1.54) is 6.92 Å². The van der Waals surface area contributed by atoms with E-state index < -0.39 is 29.1 Å². The third kappa shape index (κ3) is 5.52. The van der Waals surface area contributed by atoms with E-state index in [-0.39, 0.29) is 32.0 Å². The van der Waals surface area contributed by atoms with Crippen LogP contribution in [0.3, 0.4) is 0 Å². The van der Waals surface area contributed by atoms with Crippen molar-refractivity contribution in [2.45, 2.75) is 44.9 Å². The van der Waals surface area contributed by atoms with Gasteiger partial charge >= 0.3 is 5.97 Å². The number of Topliss-reactive ketones (excluding diaryl/α,β-unsaturated/α-hetero) is 1. The fourth-order valence-corrected chi connectivity index (χ4v) is 5.66. The molecule has 1 aliphatic carbocycles. The zero-order valence-electron chi connectivity index (χ0n) is 22.9. The molecule has 0 radical (unpaired) electrons. The van der Waals surface area contributed by atoms with E-state index in [1.54, 1.807) is 78.6 Å². The lowest BCUT2D eigenvalue weighted by molar-refractivity contribution is -0.154. The summed E-state index contributed by atoms with van der Waals surface area (Å²) in [6.07, 6.45) is 1.42. The van der Waals surface area contributed by atoms with Gasteiger partial charge in [-0.15, -0.1) is 0 Å². The summed E-state index contributed by atoms with van der Waals surface area (Å²) in [5.74, 6) is -1.08. The highest BCUT2D eigenvalue weighted by Crippen LogP contribution is 2.53. The van der Waals surface area contributed by atoms with E-state index in [0.717, 1.165) is 12.8 Å². The molecule has 0 saturated heterocycles. The number of carbonyl (C=O) groups is 3. The Labute approximate surface area is 249 Å². The van der Waals surface area contributed by atoms with Crippen LogP contribution in [0.1, 0.15) is 76.6 Å². The third-order valence-corrected chi connectivity index (χ3v) is 8.43. The fraction of sp³-hybridized carbons (Fsp3) is 0.344. The number of ketones is 1. The van der Waals surface area contributed by atoms with Crippen LogP contribution in [-0.2, 0) is 20.0 Å². The Morgan fingerprint density at radius 1 is 1.00 bits per heavy atom. The third-order valence-electron chi connectivity index (χ3n) is 7.93. The predicted octanol–water partition coefficient (Wildman–Crippen LogP) is 6.34. The van der Waals surface area contributed by atoms with Gasteiger partial charge in [-0.05, 0) is 62.6 Å². The number of aliphatic hydroxyl groups excluding tert-OH is 1. The molecule has 2 atom stereocenters. The average molecular weight is 597 g/mol. The standard InChI is InChI=1S/C32H31Cl2NO6/c1-3-40-29(38)17-28(21-4-9-24(33)10-5-21)35-30(39)26-16-22(20(2)37)6-13-27(26)32(35,23-7-11-25(34)12-8-23)41-19-31(18-36)14-15-31/h4-13,16,28,36H,3,14-15,17-19H2,1-2H3/t28?,32-/m1/s1. The Morgan fingerprint density at radius 3 is 2.20 bits per heavy atom. The van der Waals surface area contributed by atoms with Crippen molar-refractivity contribution in [1.29, 1.82) is 0 Å². The van der Waals surface area contributed by atoms with E-state index in [4.69, 9.17) is 32.7 Å². The molecule has 1 amide bonds. The Kier molecular flexibility index (Phi) is 8.26. The average Bonchev–Trinajstić information content (AvgIpc) is 3.71. The monoisotopic (exact) mass is 595 g/mol. The SMILES string of the molecule is CCOC(=O)CC(c1ccc(Cl)cc1)N1C(=O)c2cc(C(C)=O)ccc2[C@]1(OCC1(CO)CC1)c1ccc(Cl)cc1. The Hall–Kier alpha value is -3.23. The quantitative estimate of drug-likeness (QED) is 0.205. The molecule has 2 aliphatic rings. The van der Waals surface area contributed by atoms with Crippen molar-refractivity contribution in [1.82, 2.24) is 4.90 Å². The van der Waals surface area contributed by atoms with Gasteiger partial charge in [0.15, 0.2) is 11.5 Å². The molecule has 1 aliphatic heterocycles. The first-order valence-electron chi connectivity index (χ1n) is 13.6. The van der Waals surface area contributed by atoms with Crippen molar-refractivity contribution in [3.8, 4) is 0 Å². The summed E-state index contributed by atoms with van der Waals surface area (Å²) in [4.78, 5) is 41.5. The first-order valence-corrected chi connectivity index (χ1v) is 14.3. The number of ether oxygens (including phenoxy) is 2. The van der Waals surface area contributed by atoms with Crippen molar-refractivity contribution in [3.63, 3.8) is 0 Å². The summed E-state index contributed by atoms with van der Waals surface area (Å²) in [5.41, 5.74) is 0.546. The van der Waals surface area contributed by atoms with Gasteiger partial charge in [0.25, 0.3) is 5.91 Å². The summed E-state index contributed by atoms with van der Waals surface area (Å²) >= 11 is 12.5. The van der Waals surface area contributed by atoms with Crippen molar-refractivity contribution >= 4 is 40.9 Å². The maximum absolute atomic E-state index is 14.5.